The van der Waals surface area contributed by atoms with E-state index in [2.05, 4.69) is 21.2 Å². The number of aliphatic hydroxyl groups is 1. The van der Waals surface area contributed by atoms with Gasteiger partial charge < -0.3 is 15.2 Å². The van der Waals surface area contributed by atoms with E-state index in [0.717, 1.165) is 15.8 Å². The molecule has 2 N–H and O–H groups in total. The number of benzene rings is 1. The summed E-state index contributed by atoms with van der Waals surface area (Å²) in [5.41, 5.74) is 1.44. The molecule has 5 heteroatoms. The van der Waals surface area contributed by atoms with Gasteiger partial charge in [-0.05, 0) is 30.2 Å². The Morgan fingerprint density at radius 3 is 2.90 bits per heavy atom. The molecule has 1 aliphatic heterocycles. The summed E-state index contributed by atoms with van der Waals surface area (Å²) < 4.78 is 6.51. The van der Waals surface area contributed by atoms with E-state index in [-0.39, 0.29) is 31.1 Å². The maximum Gasteiger partial charge on any atom is 0.250 e. The smallest absolute Gasteiger partial charge is 0.250 e. The van der Waals surface area contributed by atoms with Crippen LogP contribution in [0, 0.1) is 5.92 Å². The van der Waals surface area contributed by atoms with Crippen LogP contribution in [0.5, 0.6) is 5.75 Å². The van der Waals surface area contributed by atoms with Gasteiger partial charge in [-0.3, -0.25) is 4.79 Å². The van der Waals surface area contributed by atoms with Crippen LogP contribution in [0.4, 0.5) is 0 Å². The summed E-state index contributed by atoms with van der Waals surface area (Å²) in [5, 5.41) is 12.1. The summed E-state index contributed by atoms with van der Waals surface area (Å²) in [6.45, 7) is 4.09. The number of amides is 1. The van der Waals surface area contributed by atoms with Gasteiger partial charge in [-0.25, -0.2) is 0 Å². The molecule has 108 valence electrons. The fourth-order valence-electron chi connectivity index (χ4n) is 1.96. The lowest BCUT2D eigenvalue weighted by Crippen LogP contribution is -2.42. The topological polar surface area (TPSA) is 58.6 Å². The fourth-order valence-corrected chi connectivity index (χ4v) is 2.34. The minimum atomic E-state index is -0.243. The van der Waals surface area contributed by atoms with Gasteiger partial charge in [0.15, 0.2) is 0 Å². The van der Waals surface area contributed by atoms with Crippen molar-refractivity contribution in [2.45, 2.75) is 19.9 Å². The highest BCUT2D eigenvalue weighted by molar-refractivity contribution is 9.10. The maximum absolute atomic E-state index is 12.2. The number of fused-ring (bicyclic) bond motifs is 1. The molecule has 0 unspecified atom stereocenters. The zero-order valence-corrected chi connectivity index (χ0v) is 13.1. The normalized spacial score (nSPS) is 15.2. The van der Waals surface area contributed by atoms with Crippen LogP contribution in [0.25, 0.3) is 6.08 Å². The number of hydrogen-bond donors (Lipinski definition) is 2. The molecule has 0 aliphatic carbocycles. The highest BCUT2D eigenvalue weighted by Crippen LogP contribution is 2.29. The Labute approximate surface area is 127 Å². The average molecular weight is 340 g/mol. The molecule has 1 aliphatic rings. The Bertz CT molecular complexity index is 540. The molecule has 0 radical (unpaired) electrons. The molecule has 4 nitrogen and oxygen atoms in total. The van der Waals surface area contributed by atoms with Crippen LogP contribution in [0.2, 0.25) is 0 Å². The summed E-state index contributed by atoms with van der Waals surface area (Å²) in [6.07, 6.45) is 1.83. The third kappa shape index (κ3) is 3.41. The summed E-state index contributed by atoms with van der Waals surface area (Å²) >= 11 is 3.40. The van der Waals surface area contributed by atoms with Gasteiger partial charge in [0.2, 0.25) is 0 Å². The zero-order chi connectivity index (χ0) is 14.7. The first-order chi connectivity index (χ1) is 9.51. The minimum absolute atomic E-state index is 0.0698. The van der Waals surface area contributed by atoms with E-state index in [4.69, 9.17) is 4.74 Å². The van der Waals surface area contributed by atoms with E-state index < -0.39 is 0 Å². The molecular formula is C15H18BrNO3. The quantitative estimate of drug-likeness (QED) is 0.885. The number of aliphatic hydroxyl groups excluding tert-OH is 1. The predicted octanol–water partition coefficient (Wildman–Crippen LogP) is 2.36. The third-order valence-corrected chi connectivity index (χ3v) is 3.79. The Morgan fingerprint density at radius 1 is 1.50 bits per heavy atom. The lowest BCUT2D eigenvalue weighted by atomic mass is 10.0. The van der Waals surface area contributed by atoms with Crippen molar-refractivity contribution in [1.29, 1.82) is 0 Å². The number of nitrogens with one attached hydrogen (secondary N) is 1. The van der Waals surface area contributed by atoms with Crippen LogP contribution in [0.3, 0.4) is 0 Å². The van der Waals surface area contributed by atoms with E-state index >= 15 is 0 Å². The van der Waals surface area contributed by atoms with Gasteiger partial charge in [0.05, 0.1) is 18.2 Å². The van der Waals surface area contributed by atoms with Gasteiger partial charge in [-0.1, -0.05) is 29.8 Å². The molecule has 2 rings (SSSR count). The number of hydrogen-bond acceptors (Lipinski definition) is 3. The molecule has 0 bridgehead atoms. The molecule has 1 aromatic carbocycles. The van der Waals surface area contributed by atoms with Crippen LogP contribution in [-0.4, -0.2) is 30.3 Å². The summed E-state index contributed by atoms with van der Waals surface area (Å²) in [4.78, 5) is 12.2. The average Bonchev–Trinajstić information content (AvgIpc) is 2.43. The molecule has 0 spiro atoms. The Hall–Kier alpha value is -1.33. The molecule has 1 atom stereocenters. The third-order valence-electron chi connectivity index (χ3n) is 3.29. The lowest BCUT2D eigenvalue weighted by molar-refractivity contribution is -0.119. The SMILES string of the molecule is CC(C)[C@@H](CO)NC(=O)C1=Cc2cc(Br)ccc2OC1. The van der Waals surface area contributed by atoms with Crippen molar-refractivity contribution >= 4 is 27.9 Å². The summed E-state index contributed by atoms with van der Waals surface area (Å²) in [5.74, 6) is 0.756. The molecule has 1 amide bonds. The fraction of sp³-hybridized carbons (Fsp3) is 0.400. The number of rotatable bonds is 4. The van der Waals surface area contributed by atoms with Gasteiger partial charge in [0, 0.05) is 10.0 Å². The van der Waals surface area contributed by atoms with Crippen LogP contribution >= 0.6 is 15.9 Å². The Kier molecular flexibility index (Phi) is 4.83. The summed E-state index contributed by atoms with van der Waals surface area (Å²) in [6, 6.07) is 5.44. The Morgan fingerprint density at radius 2 is 2.25 bits per heavy atom. The number of carbonyl (C=O) groups excluding carboxylic acids is 1. The van der Waals surface area contributed by atoms with E-state index in [1.807, 2.05) is 38.1 Å². The van der Waals surface area contributed by atoms with Crippen LogP contribution in [0.15, 0.2) is 28.2 Å². The van der Waals surface area contributed by atoms with Gasteiger partial charge in [-0.2, -0.15) is 0 Å². The molecule has 1 heterocycles. The lowest BCUT2D eigenvalue weighted by Gasteiger charge is -2.23. The van der Waals surface area contributed by atoms with E-state index in [9.17, 15) is 9.90 Å². The largest absolute Gasteiger partial charge is 0.488 e. The number of halogens is 1. The zero-order valence-electron chi connectivity index (χ0n) is 11.5. The maximum atomic E-state index is 12.2. The molecule has 0 saturated heterocycles. The first-order valence-electron chi connectivity index (χ1n) is 6.56. The van der Waals surface area contributed by atoms with Crippen LogP contribution < -0.4 is 10.1 Å². The van der Waals surface area contributed by atoms with Crippen molar-refractivity contribution in [1.82, 2.24) is 5.32 Å². The first-order valence-corrected chi connectivity index (χ1v) is 7.35. The number of ether oxygens (including phenoxy) is 1. The second-order valence-corrected chi connectivity index (χ2v) is 6.06. The van der Waals surface area contributed by atoms with Crippen molar-refractivity contribution in [3.05, 3.63) is 33.8 Å². The molecule has 0 fully saturated rings. The van der Waals surface area contributed by atoms with Gasteiger partial charge >= 0.3 is 0 Å². The molecular weight excluding hydrogens is 322 g/mol. The molecule has 20 heavy (non-hydrogen) atoms. The Balaban J connectivity index is 2.16. The number of carbonyl (C=O) groups is 1. The first kappa shape index (κ1) is 15.1. The predicted molar refractivity (Wildman–Crippen MR) is 81.5 cm³/mol. The molecule has 0 saturated carbocycles. The van der Waals surface area contributed by atoms with Gasteiger partial charge in [0.25, 0.3) is 5.91 Å². The van der Waals surface area contributed by atoms with Gasteiger partial charge in [0.1, 0.15) is 12.4 Å². The van der Waals surface area contributed by atoms with Crippen LogP contribution in [0.1, 0.15) is 19.4 Å². The van der Waals surface area contributed by atoms with Crippen molar-refractivity contribution in [3.8, 4) is 5.75 Å². The van der Waals surface area contributed by atoms with Crippen molar-refractivity contribution < 1.29 is 14.6 Å². The highest BCUT2D eigenvalue weighted by atomic mass is 79.9. The molecule has 0 aromatic heterocycles. The monoisotopic (exact) mass is 339 g/mol. The summed E-state index contributed by atoms with van der Waals surface area (Å²) in [7, 11) is 0. The van der Waals surface area contributed by atoms with Crippen molar-refractivity contribution in [3.63, 3.8) is 0 Å². The van der Waals surface area contributed by atoms with Crippen LogP contribution in [-0.2, 0) is 4.79 Å². The van der Waals surface area contributed by atoms with E-state index in [1.165, 1.54) is 0 Å². The second kappa shape index (κ2) is 6.41. The minimum Gasteiger partial charge on any atom is -0.488 e. The second-order valence-electron chi connectivity index (χ2n) is 5.15. The van der Waals surface area contributed by atoms with Crippen molar-refractivity contribution in [2.24, 2.45) is 5.92 Å². The van der Waals surface area contributed by atoms with E-state index in [0.29, 0.717) is 5.57 Å². The standard InChI is InChI=1S/C15H18BrNO3/c1-9(2)13(7-18)17-15(19)11-5-10-6-12(16)3-4-14(10)20-8-11/h3-6,9,13,18H,7-8H2,1-2H3,(H,17,19)/t13-/m1/s1. The molecule has 1 aromatic rings. The van der Waals surface area contributed by atoms with Crippen molar-refractivity contribution in [2.75, 3.05) is 13.2 Å². The van der Waals surface area contributed by atoms with E-state index in [1.54, 1.807) is 0 Å². The van der Waals surface area contributed by atoms with Gasteiger partial charge in [-0.15, -0.1) is 0 Å². The highest BCUT2D eigenvalue weighted by Gasteiger charge is 2.21.